The van der Waals surface area contributed by atoms with E-state index in [-0.39, 0.29) is 6.35 Å². The minimum absolute atomic E-state index is 0.268. The Labute approximate surface area is 56.5 Å². The second-order valence-electron chi connectivity index (χ2n) is 1.70. The summed E-state index contributed by atoms with van der Waals surface area (Å²) in [6.07, 6.45) is 0.268. The maximum absolute atomic E-state index is 8.53. The number of hydrogen-bond donors (Lipinski definition) is 1. The molecule has 0 bridgehead atoms. The summed E-state index contributed by atoms with van der Waals surface area (Å²) in [6.45, 7) is 0. The maximum atomic E-state index is 8.53. The first kappa shape index (κ1) is 6.73. The van der Waals surface area contributed by atoms with Crippen LogP contribution < -0.4 is 5.30 Å². The first-order valence-corrected chi connectivity index (χ1v) is 4.04. The Balaban J connectivity index is 2.61. The molecule has 1 N–H and O–H groups in total. The molecule has 0 spiro atoms. The number of hydrogen-bond acceptors (Lipinski definition) is 1. The standard InChI is InChI=1S/C7H9OP/c8-6-9-7-4-2-1-3-5-7/h1-5,8-9H,6H2. The molecule has 48 valence electrons. The van der Waals surface area contributed by atoms with Gasteiger partial charge in [0.15, 0.2) is 0 Å². The lowest BCUT2D eigenvalue weighted by atomic mass is 10.4. The SMILES string of the molecule is OCPc1ccccc1. The van der Waals surface area contributed by atoms with Crippen LogP contribution in [0.15, 0.2) is 30.3 Å². The van der Waals surface area contributed by atoms with Crippen LogP contribution in [0.2, 0.25) is 0 Å². The Kier molecular flexibility index (Phi) is 2.69. The van der Waals surface area contributed by atoms with Crippen LogP contribution in [0.1, 0.15) is 0 Å². The summed E-state index contributed by atoms with van der Waals surface area (Å²) in [7, 11) is 0.543. The highest BCUT2D eigenvalue weighted by atomic mass is 31.1. The van der Waals surface area contributed by atoms with Gasteiger partial charge in [-0.05, 0) is 5.30 Å². The van der Waals surface area contributed by atoms with Crippen LogP contribution in [0.4, 0.5) is 0 Å². The van der Waals surface area contributed by atoms with Crippen molar-refractivity contribution in [3.8, 4) is 0 Å². The van der Waals surface area contributed by atoms with Crippen LogP contribution in [-0.4, -0.2) is 11.5 Å². The molecule has 0 heterocycles. The lowest BCUT2D eigenvalue weighted by molar-refractivity contribution is 0.373. The first-order valence-electron chi connectivity index (χ1n) is 2.83. The lowest BCUT2D eigenvalue weighted by Gasteiger charge is -1.93. The van der Waals surface area contributed by atoms with E-state index >= 15 is 0 Å². The van der Waals surface area contributed by atoms with Crippen molar-refractivity contribution in [3.05, 3.63) is 30.3 Å². The third kappa shape index (κ3) is 2.13. The van der Waals surface area contributed by atoms with Gasteiger partial charge in [-0.1, -0.05) is 38.9 Å². The van der Waals surface area contributed by atoms with Crippen molar-refractivity contribution in [2.75, 3.05) is 6.35 Å². The number of aliphatic hydroxyl groups is 1. The molecule has 1 rings (SSSR count). The van der Waals surface area contributed by atoms with Crippen LogP contribution in [0.25, 0.3) is 0 Å². The van der Waals surface area contributed by atoms with E-state index in [1.165, 1.54) is 5.30 Å². The van der Waals surface area contributed by atoms with Crippen LogP contribution in [0.5, 0.6) is 0 Å². The second kappa shape index (κ2) is 3.60. The summed E-state index contributed by atoms with van der Waals surface area (Å²) >= 11 is 0. The predicted octanol–water partition coefficient (Wildman–Crippen LogP) is 0.940. The Morgan fingerprint density at radius 1 is 1.22 bits per heavy atom. The largest absolute Gasteiger partial charge is 0.392 e. The first-order chi connectivity index (χ1) is 4.43. The molecule has 1 aromatic carbocycles. The highest BCUT2D eigenvalue weighted by Crippen LogP contribution is 2.05. The normalized spacial score (nSPS) is 10.8. The summed E-state index contributed by atoms with van der Waals surface area (Å²) in [4.78, 5) is 0. The summed E-state index contributed by atoms with van der Waals surface area (Å²) in [5, 5.41) is 9.75. The molecule has 1 atom stereocenters. The average Bonchev–Trinajstić information content (AvgIpc) is 1.91. The van der Waals surface area contributed by atoms with Crippen molar-refractivity contribution >= 4 is 13.9 Å². The molecular formula is C7H9OP. The monoisotopic (exact) mass is 140 g/mol. The topological polar surface area (TPSA) is 20.2 Å². The van der Waals surface area contributed by atoms with Crippen molar-refractivity contribution in [2.24, 2.45) is 0 Å². The molecule has 1 aromatic rings. The van der Waals surface area contributed by atoms with E-state index in [0.717, 1.165) is 0 Å². The third-order valence-corrected chi connectivity index (χ3v) is 1.96. The van der Waals surface area contributed by atoms with Crippen LogP contribution in [-0.2, 0) is 0 Å². The molecule has 2 heteroatoms. The minimum Gasteiger partial charge on any atom is -0.392 e. The third-order valence-electron chi connectivity index (χ3n) is 1.06. The Morgan fingerprint density at radius 2 is 1.89 bits per heavy atom. The zero-order valence-corrected chi connectivity index (χ0v) is 6.04. The predicted molar refractivity (Wildman–Crippen MR) is 41.5 cm³/mol. The van der Waals surface area contributed by atoms with E-state index in [1.807, 2.05) is 30.3 Å². The fourth-order valence-electron chi connectivity index (χ4n) is 0.647. The zero-order valence-electron chi connectivity index (χ0n) is 5.04. The molecule has 1 unspecified atom stereocenters. The van der Waals surface area contributed by atoms with E-state index in [2.05, 4.69) is 0 Å². The van der Waals surface area contributed by atoms with Crippen molar-refractivity contribution in [2.45, 2.75) is 0 Å². The van der Waals surface area contributed by atoms with Gasteiger partial charge in [0.1, 0.15) is 0 Å². The summed E-state index contributed by atoms with van der Waals surface area (Å²) in [6, 6.07) is 9.99. The summed E-state index contributed by atoms with van der Waals surface area (Å²) < 4.78 is 0. The molecule has 0 fully saturated rings. The molecule has 1 nitrogen and oxygen atoms in total. The van der Waals surface area contributed by atoms with E-state index in [9.17, 15) is 0 Å². The van der Waals surface area contributed by atoms with Crippen LogP contribution >= 0.6 is 8.58 Å². The van der Waals surface area contributed by atoms with Crippen LogP contribution in [0, 0.1) is 0 Å². The van der Waals surface area contributed by atoms with Gasteiger partial charge in [0.2, 0.25) is 0 Å². The molecule has 0 saturated carbocycles. The Hall–Kier alpha value is -0.390. The minimum atomic E-state index is 0.268. The molecule has 9 heavy (non-hydrogen) atoms. The van der Waals surface area contributed by atoms with Crippen molar-refractivity contribution in [3.63, 3.8) is 0 Å². The molecular weight excluding hydrogens is 131 g/mol. The maximum Gasteiger partial charge on any atom is 0.0637 e. The summed E-state index contributed by atoms with van der Waals surface area (Å²) in [5.74, 6) is 0. The van der Waals surface area contributed by atoms with E-state index < -0.39 is 0 Å². The van der Waals surface area contributed by atoms with Gasteiger partial charge in [0.05, 0.1) is 6.35 Å². The van der Waals surface area contributed by atoms with Gasteiger partial charge in [-0.25, -0.2) is 0 Å². The highest BCUT2D eigenvalue weighted by Gasteiger charge is 1.84. The van der Waals surface area contributed by atoms with Crippen molar-refractivity contribution < 1.29 is 5.11 Å². The van der Waals surface area contributed by atoms with Gasteiger partial charge in [-0.2, -0.15) is 0 Å². The Morgan fingerprint density at radius 3 is 2.44 bits per heavy atom. The quantitative estimate of drug-likeness (QED) is 0.606. The van der Waals surface area contributed by atoms with Crippen LogP contribution in [0.3, 0.4) is 0 Å². The van der Waals surface area contributed by atoms with E-state index in [1.54, 1.807) is 0 Å². The molecule has 0 aromatic heterocycles. The second-order valence-corrected chi connectivity index (χ2v) is 2.95. The molecule has 0 aliphatic rings. The fraction of sp³-hybridized carbons (Fsp3) is 0.143. The van der Waals surface area contributed by atoms with Gasteiger partial charge >= 0.3 is 0 Å². The summed E-state index contributed by atoms with van der Waals surface area (Å²) in [5.41, 5.74) is 0. The van der Waals surface area contributed by atoms with Gasteiger partial charge in [0.25, 0.3) is 0 Å². The highest BCUT2D eigenvalue weighted by molar-refractivity contribution is 7.46. The smallest absolute Gasteiger partial charge is 0.0637 e. The molecule has 0 aliphatic heterocycles. The zero-order chi connectivity index (χ0) is 6.53. The van der Waals surface area contributed by atoms with E-state index in [4.69, 9.17) is 5.11 Å². The Bertz CT molecular complexity index is 162. The van der Waals surface area contributed by atoms with Crippen molar-refractivity contribution in [1.29, 1.82) is 0 Å². The molecule has 0 amide bonds. The molecule has 0 saturated heterocycles. The number of rotatable bonds is 2. The average molecular weight is 140 g/mol. The van der Waals surface area contributed by atoms with E-state index in [0.29, 0.717) is 8.58 Å². The van der Waals surface area contributed by atoms with Crippen molar-refractivity contribution in [1.82, 2.24) is 0 Å². The number of benzene rings is 1. The van der Waals surface area contributed by atoms with Gasteiger partial charge in [-0.15, -0.1) is 0 Å². The lowest BCUT2D eigenvalue weighted by Crippen LogP contribution is -1.91. The fourth-order valence-corrected chi connectivity index (χ4v) is 1.26. The number of aliphatic hydroxyl groups excluding tert-OH is 1. The van der Waals surface area contributed by atoms with Gasteiger partial charge in [0, 0.05) is 0 Å². The molecule has 0 radical (unpaired) electrons. The van der Waals surface area contributed by atoms with Gasteiger partial charge in [-0.3, -0.25) is 0 Å². The van der Waals surface area contributed by atoms with Gasteiger partial charge < -0.3 is 5.11 Å². The molecule has 0 aliphatic carbocycles.